The normalized spacial score (nSPS) is 11.3. The first kappa shape index (κ1) is 15.2. The van der Waals surface area contributed by atoms with Crippen molar-refractivity contribution < 1.29 is 12.8 Å². The minimum Gasteiger partial charge on any atom is -0.282 e. The Morgan fingerprint density at radius 2 is 1.90 bits per heavy atom. The smallest absolute Gasteiger partial charge is 0.233 e. The zero-order chi connectivity index (χ0) is 14.6. The molecule has 7 heteroatoms. The number of nitrogens with zero attached hydrogens (tertiary/aromatic N) is 1. The van der Waals surface area contributed by atoms with Crippen molar-refractivity contribution >= 4 is 38.3 Å². The lowest BCUT2D eigenvalue weighted by molar-refractivity contribution is 0.600. The molecule has 1 aromatic heterocycles. The molecule has 0 saturated carbocycles. The fraction of sp³-hybridized carbons (Fsp3) is 0.154. The number of hydrogen-bond acceptors (Lipinski definition) is 3. The third-order valence-corrected chi connectivity index (χ3v) is 4.77. The summed E-state index contributed by atoms with van der Waals surface area (Å²) in [4.78, 5) is 3.88. The van der Waals surface area contributed by atoms with Crippen molar-refractivity contribution in [3.05, 3.63) is 57.7 Å². The molecule has 1 N–H and O–H groups in total. The molecule has 0 amide bonds. The topological polar surface area (TPSA) is 59.1 Å². The van der Waals surface area contributed by atoms with E-state index in [0.29, 0.717) is 15.7 Å². The van der Waals surface area contributed by atoms with Crippen molar-refractivity contribution in [3.8, 4) is 0 Å². The molecule has 1 aromatic carbocycles. The molecule has 0 aliphatic rings. The maximum absolute atomic E-state index is 13.0. The van der Waals surface area contributed by atoms with Crippen LogP contribution < -0.4 is 4.72 Å². The number of pyridine rings is 1. The summed E-state index contributed by atoms with van der Waals surface area (Å²) in [7, 11) is -3.47. The number of aryl methyl sites for hydroxylation is 1. The maximum atomic E-state index is 13.0. The van der Waals surface area contributed by atoms with Crippen molar-refractivity contribution in [1.29, 1.82) is 0 Å². The van der Waals surface area contributed by atoms with Gasteiger partial charge in [0.15, 0.2) is 0 Å². The fourth-order valence-corrected chi connectivity index (χ4v) is 3.51. The second-order valence-corrected chi connectivity index (χ2v) is 7.15. The van der Waals surface area contributed by atoms with Crippen molar-refractivity contribution in [2.24, 2.45) is 0 Å². The predicted octanol–water partition coefficient (Wildman–Crippen LogP) is 2.81. The summed E-state index contributed by atoms with van der Waals surface area (Å²) in [5.41, 5.74) is 1.29. The SMILES string of the molecule is O=S(=O)(CCc1ccncc1)Nc1ccc(F)cc1I. The second kappa shape index (κ2) is 6.49. The summed E-state index contributed by atoms with van der Waals surface area (Å²) in [6.45, 7) is 0. The highest BCUT2D eigenvalue weighted by atomic mass is 127. The Bertz CT molecular complexity index is 693. The van der Waals surface area contributed by atoms with E-state index in [0.717, 1.165) is 5.56 Å². The quantitative estimate of drug-likeness (QED) is 0.778. The predicted molar refractivity (Wildman–Crippen MR) is 84.5 cm³/mol. The zero-order valence-electron chi connectivity index (χ0n) is 10.4. The van der Waals surface area contributed by atoms with Crippen molar-refractivity contribution in [2.45, 2.75) is 6.42 Å². The van der Waals surface area contributed by atoms with Gasteiger partial charge in [0.2, 0.25) is 10.0 Å². The van der Waals surface area contributed by atoms with Crippen LogP contribution >= 0.6 is 22.6 Å². The fourth-order valence-electron chi connectivity index (χ4n) is 1.59. The first-order valence-electron chi connectivity index (χ1n) is 5.81. The van der Waals surface area contributed by atoms with Gasteiger partial charge < -0.3 is 0 Å². The lowest BCUT2D eigenvalue weighted by Crippen LogP contribution is -2.18. The van der Waals surface area contributed by atoms with Crippen LogP contribution in [0.4, 0.5) is 10.1 Å². The largest absolute Gasteiger partial charge is 0.282 e. The van der Waals surface area contributed by atoms with Crippen LogP contribution in [0.2, 0.25) is 0 Å². The minimum atomic E-state index is -3.47. The van der Waals surface area contributed by atoms with Crippen LogP contribution in [0.3, 0.4) is 0 Å². The first-order valence-corrected chi connectivity index (χ1v) is 8.54. The van der Waals surface area contributed by atoms with Gasteiger partial charge in [-0.1, -0.05) is 0 Å². The minimum absolute atomic E-state index is 0.0372. The Morgan fingerprint density at radius 1 is 1.20 bits per heavy atom. The van der Waals surface area contributed by atoms with E-state index in [1.54, 1.807) is 24.5 Å². The summed E-state index contributed by atoms with van der Waals surface area (Å²) in [5.74, 6) is -0.432. The van der Waals surface area contributed by atoms with Crippen LogP contribution in [0.5, 0.6) is 0 Å². The summed E-state index contributed by atoms with van der Waals surface area (Å²) in [5, 5.41) is 0. The molecule has 0 unspecified atom stereocenters. The summed E-state index contributed by atoms with van der Waals surface area (Å²) in [6, 6.07) is 7.47. The van der Waals surface area contributed by atoms with E-state index in [1.807, 2.05) is 22.6 Å². The number of sulfonamides is 1. The van der Waals surface area contributed by atoms with Crippen molar-refractivity contribution in [2.75, 3.05) is 10.5 Å². The molecular formula is C13H12FIN2O2S. The van der Waals surface area contributed by atoms with Crippen LogP contribution in [-0.2, 0) is 16.4 Å². The number of hydrogen-bond donors (Lipinski definition) is 1. The summed E-state index contributed by atoms with van der Waals surface area (Å²) < 4.78 is 39.9. The van der Waals surface area contributed by atoms with Gasteiger partial charge >= 0.3 is 0 Å². The third-order valence-electron chi connectivity index (χ3n) is 2.61. The van der Waals surface area contributed by atoms with E-state index < -0.39 is 15.8 Å². The van der Waals surface area contributed by atoms with Gasteiger partial charge in [0.05, 0.1) is 11.4 Å². The number of benzene rings is 1. The first-order chi connectivity index (χ1) is 9.46. The number of aromatic nitrogens is 1. The maximum Gasteiger partial charge on any atom is 0.233 e. The lowest BCUT2D eigenvalue weighted by Gasteiger charge is -2.09. The molecule has 4 nitrogen and oxygen atoms in total. The van der Waals surface area contributed by atoms with Gasteiger partial charge in [-0.2, -0.15) is 0 Å². The van der Waals surface area contributed by atoms with E-state index in [-0.39, 0.29) is 5.75 Å². The molecule has 2 aromatic rings. The van der Waals surface area contributed by atoms with E-state index in [4.69, 9.17) is 0 Å². The summed E-state index contributed by atoms with van der Waals surface area (Å²) >= 11 is 1.89. The molecular weight excluding hydrogens is 394 g/mol. The standard InChI is InChI=1S/C13H12FIN2O2S/c14-11-1-2-13(12(15)9-11)17-20(18,19)8-5-10-3-6-16-7-4-10/h1-4,6-7,9,17H,5,8H2. The van der Waals surface area contributed by atoms with E-state index in [1.165, 1.54) is 18.2 Å². The molecule has 0 bridgehead atoms. The van der Waals surface area contributed by atoms with Gasteiger partial charge in [-0.15, -0.1) is 0 Å². The molecule has 0 aliphatic heterocycles. The Hall–Kier alpha value is -1.22. The number of anilines is 1. The van der Waals surface area contributed by atoms with Crippen molar-refractivity contribution in [1.82, 2.24) is 4.98 Å². The highest BCUT2D eigenvalue weighted by molar-refractivity contribution is 14.1. The second-order valence-electron chi connectivity index (χ2n) is 4.15. The molecule has 0 spiro atoms. The van der Waals surface area contributed by atoms with Crippen LogP contribution in [-0.4, -0.2) is 19.2 Å². The van der Waals surface area contributed by atoms with Crippen LogP contribution in [0.15, 0.2) is 42.7 Å². The van der Waals surface area contributed by atoms with Gasteiger partial charge in [0.25, 0.3) is 0 Å². The molecule has 1 heterocycles. The van der Waals surface area contributed by atoms with E-state index in [9.17, 15) is 12.8 Å². The molecule has 0 saturated heterocycles. The molecule has 20 heavy (non-hydrogen) atoms. The average molecular weight is 406 g/mol. The van der Waals surface area contributed by atoms with Gasteiger partial charge in [0.1, 0.15) is 5.82 Å². The molecule has 0 atom stereocenters. The van der Waals surface area contributed by atoms with Gasteiger partial charge in [-0.05, 0) is 64.9 Å². The molecule has 0 aliphatic carbocycles. The Kier molecular flexibility index (Phi) is 4.92. The Labute approximate surface area is 130 Å². The highest BCUT2D eigenvalue weighted by Crippen LogP contribution is 2.20. The highest BCUT2D eigenvalue weighted by Gasteiger charge is 2.13. The molecule has 0 radical (unpaired) electrons. The molecule has 106 valence electrons. The van der Waals surface area contributed by atoms with Crippen LogP contribution in [0.25, 0.3) is 0 Å². The summed E-state index contributed by atoms with van der Waals surface area (Å²) in [6.07, 6.45) is 3.65. The van der Waals surface area contributed by atoms with E-state index >= 15 is 0 Å². The Morgan fingerprint density at radius 3 is 2.55 bits per heavy atom. The van der Waals surface area contributed by atoms with Gasteiger partial charge in [-0.3, -0.25) is 9.71 Å². The van der Waals surface area contributed by atoms with Gasteiger partial charge in [-0.25, -0.2) is 12.8 Å². The average Bonchev–Trinajstić information content (AvgIpc) is 2.41. The van der Waals surface area contributed by atoms with Gasteiger partial charge in [0, 0.05) is 16.0 Å². The lowest BCUT2D eigenvalue weighted by atomic mass is 10.2. The number of halogens is 2. The number of nitrogens with one attached hydrogen (secondary N) is 1. The monoisotopic (exact) mass is 406 g/mol. The Balaban J connectivity index is 2.04. The van der Waals surface area contributed by atoms with Crippen LogP contribution in [0, 0.1) is 9.39 Å². The van der Waals surface area contributed by atoms with E-state index in [2.05, 4.69) is 9.71 Å². The third kappa shape index (κ3) is 4.41. The molecule has 0 fully saturated rings. The zero-order valence-corrected chi connectivity index (χ0v) is 13.4. The molecule has 2 rings (SSSR count). The van der Waals surface area contributed by atoms with Crippen LogP contribution in [0.1, 0.15) is 5.56 Å². The van der Waals surface area contributed by atoms with Crippen molar-refractivity contribution in [3.63, 3.8) is 0 Å². The number of rotatable bonds is 5.